The van der Waals surface area contributed by atoms with E-state index in [0.29, 0.717) is 29.9 Å². The Hall–Kier alpha value is -1.84. The molecule has 1 aliphatic rings. The predicted molar refractivity (Wildman–Crippen MR) is 89.6 cm³/mol. The van der Waals surface area contributed by atoms with Gasteiger partial charge in [-0.25, -0.2) is 0 Å². The first-order valence-corrected chi connectivity index (χ1v) is 8.12. The Balaban J connectivity index is 2.09. The second-order valence-corrected chi connectivity index (χ2v) is 6.76. The Morgan fingerprint density at radius 2 is 2.00 bits per heavy atom. The van der Waals surface area contributed by atoms with Gasteiger partial charge in [0.1, 0.15) is 0 Å². The fourth-order valence-corrected chi connectivity index (χ4v) is 3.49. The average molecular weight is 302 g/mol. The molecule has 3 unspecified atom stereocenters. The molecule has 4 nitrogen and oxygen atoms in total. The van der Waals surface area contributed by atoms with E-state index in [4.69, 9.17) is 0 Å². The summed E-state index contributed by atoms with van der Waals surface area (Å²) in [7, 11) is 0. The smallest absolute Gasteiger partial charge is 0.227 e. The van der Waals surface area contributed by atoms with E-state index in [0.717, 1.165) is 18.5 Å². The van der Waals surface area contributed by atoms with Crippen molar-refractivity contribution in [2.24, 2.45) is 23.7 Å². The van der Waals surface area contributed by atoms with E-state index < -0.39 is 0 Å². The van der Waals surface area contributed by atoms with Gasteiger partial charge in [0.15, 0.2) is 0 Å². The highest BCUT2D eigenvalue weighted by Crippen LogP contribution is 2.38. The summed E-state index contributed by atoms with van der Waals surface area (Å²) in [5.41, 5.74) is 1.42. The molecule has 0 radical (unpaired) electrons. The minimum atomic E-state index is 0.0754. The Bertz CT molecular complexity index is 528. The lowest BCUT2D eigenvalue weighted by atomic mass is 9.70. The molecule has 2 N–H and O–H groups in total. The van der Waals surface area contributed by atoms with Gasteiger partial charge in [0.05, 0.1) is 0 Å². The van der Waals surface area contributed by atoms with E-state index in [1.165, 1.54) is 6.42 Å². The number of benzene rings is 1. The van der Waals surface area contributed by atoms with Crippen LogP contribution in [0.2, 0.25) is 0 Å². The van der Waals surface area contributed by atoms with Gasteiger partial charge in [-0.1, -0.05) is 33.3 Å². The summed E-state index contributed by atoms with van der Waals surface area (Å²) in [6, 6.07) is 7.25. The first kappa shape index (κ1) is 16.5. The normalized spacial score (nSPS) is 24.8. The van der Waals surface area contributed by atoms with Gasteiger partial charge in [0.2, 0.25) is 12.3 Å². The van der Waals surface area contributed by atoms with Gasteiger partial charge >= 0.3 is 0 Å². The van der Waals surface area contributed by atoms with E-state index in [9.17, 15) is 9.59 Å². The molecule has 0 saturated heterocycles. The molecule has 0 aromatic heterocycles. The highest BCUT2D eigenvalue weighted by Gasteiger charge is 2.35. The van der Waals surface area contributed by atoms with Crippen LogP contribution < -0.4 is 10.6 Å². The average Bonchev–Trinajstić information content (AvgIpc) is 2.47. The summed E-state index contributed by atoms with van der Waals surface area (Å²) < 4.78 is 0. The lowest BCUT2D eigenvalue weighted by molar-refractivity contribution is -0.124. The molecular formula is C18H26N2O2. The monoisotopic (exact) mass is 302 g/mol. The molecule has 0 bridgehead atoms. The van der Waals surface area contributed by atoms with Crippen LogP contribution in [0.25, 0.3) is 0 Å². The summed E-state index contributed by atoms with van der Waals surface area (Å²) in [5, 5.41) is 5.62. The van der Waals surface area contributed by atoms with Crippen LogP contribution in [0.5, 0.6) is 0 Å². The van der Waals surface area contributed by atoms with Crippen LogP contribution in [0.4, 0.5) is 11.4 Å². The molecule has 0 aliphatic heterocycles. The summed E-state index contributed by atoms with van der Waals surface area (Å²) in [6.45, 7) is 6.64. The van der Waals surface area contributed by atoms with Gasteiger partial charge in [-0.05, 0) is 48.8 Å². The Labute approximate surface area is 132 Å². The third-order valence-corrected chi connectivity index (χ3v) is 4.71. The lowest BCUT2D eigenvalue weighted by Gasteiger charge is -2.36. The topological polar surface area (TPSA) is 58.2 Å². The zero-order chi connectivity index (χ0) is 16.1. The van der Waals surface area contributed by atoms with Gasteiger partial charge in [-0.2, -0.15) is 0 Å². The number of rotatable bonds is 5. The Morgan fingerprint density at radius 1 is 1.27 bits per heavy atom. The molecule has 120 valence electrons. The van der Waals surface area contributed by atoms with Crippen molar-refractivity contribution in [3.05, 3.63) is 24.3 Å². The molecular weight excluding hydrogens is 276 g/mol. The van der Waals surface area contributed by atoms with Crippen molar-refractivity contribution in [1.29, 1.82) is 0 Å². The molecule has 2 rings (SSSR count). The van der Waals surface area contributed by atoms with Crippen molar-refractivity contribution in [2.75, 3.05) is 10.6 Å². The van der Waals surface area contributed by atoms with Crippen LogP contribution in [0.3, 0.4) is 0 Å². The molecule has 0 heterocycles. The molecule has 1 fully saturated rings. The summed E-state index contributed by atoms with van der Waals surface area (Å²) in [4.78, 5) is 23.2. The molecule has 4 heteroatoms. The van der Waals surface area contributed by atoms with E-state index in [1.54, 1.807) is 12.1 Å². The van der Waals surface area contributed by atoms with Crippen LogP contribution in [0, 0.1) is 23.7 Å². The van der Waals surface area contributed by atoms with Crippen LogP contribution in [-0.2, 0) is 9.59 Å². The van der Waals surface area contributed by atoms with Gasteiger partial charge in [0.25, 0.3) is 0 Å². The number of hydrogen-bond acceptors (Lipinski definition) is 2. The van der Waals surface area contributed by atoms with Crippen LogP contribution in [-0.4, -0.2) is 12.3 Å². The van der Waals surface area contributed by atoms with Gasteiger partial charge in [0, 0.05) is 17.3 Å². The maximum Gasteiger partial charge on any atom is 0.227 e. The largest absolute Gasteiger partial charge is 0.329 e. The molecule has 1 saturated carbocycles. The summed E-state index contributed by atoms with van der Waals surface area (Å²) >= 11 is 0. The number of carbonyl (C=O) groups is 2. The number of hydrogen-bond donors (Lipinski definition) is 2. The predicted octanol–water partition coefficient (Wildman–Crippen LogP) is 3.90. The summed E-state index contributed by atoms with van der Waals surface area (Å²) in [5.74, 6) is 1.76. The molecule has 22 heavy (non-hydrogen) atoms. The van der Waals surface area contributed by atoms with Crippen molar-refractivity contribution >= 4 is 23.7 Å². The SMILES string of the molecule is CC1CCC(C(C)C)C(C(=O)Nc2cccc(NC=O)c2)C1. The Kier molecular flexibility index (Phi) is 5.58. The second-order valence-electron chi connectivity index (χ2n) is 6.76. The van der Waals surface area contributed by atoms with E-state index in [1.807, 2.05) is 12.1 Å². The number of carbonyl (C=O) groups excluding carboxylic acids is 2. The van der Waals surface area contributed by atoms with E-state index in [2.05, 4.69) is 31.4 Å². The first-order chi connectivity index (χ1) is 10.5. The van der Waals surface area contributed by atoms with Crippen molar-refractivity contribution in [1.82, 2.24) is 0 Å². The van der Waals surface area contributed by atoms with Crippen LogP contribution >= 0.6 is 0 Å². The van der Waals surface area contributed by atoms with Crippen molar-refractivity contribution in [3.8, 4) is 0 Å². The van der Waals surface area contributed by atoms with Gasteiger partial charge in [-0.3, -0.25) is 9.59 Å². The Morgan fingerprint density at radius 3 is 2.68 bits per heavy atom. The lowest BCUT2D eigenvalue weighted by Crippen LogP contribution is -2.36. The van der Waals surface area contributed by atoms with Gasteiger partial charge < -0.3 is 10.6 Å². The second kappa shape index (κ2) is 7.43. The number of nitrogens with one attached hydrogen (secondary N) is 2. The maximum atomic E-state index is 12.7. The highest BCUT2D eigenvalue weighted by molar-refractivity contribution is 5.93. The van der Waals surface area contributed by atoms with Crippen molar-refractivity contribution in [2.45, 2.75) is 40.0 Å². The fourth-order valence-electron chi connectivity index (χ4n) is 3.49. The number of anilines is 2. The van der Waals surface area contributed by atoms with Crippen LogP contribution in [0.15, 0.2) is 24.3 Å². The molecule has 0 spiro atoms. The summed E-state index contributed by atoms with van der Waals surface area (Å²) in [6.07, 6.45) is 3.94. The third kappa shape index (κ3) is 4.09. The van der Waals surface area contributed by atoms with Crippen molar-refractivity contribution < 1.29 is 9.59 Å². The minimum absolute atomic E-state index is 0.0754. The quantitative estimate of drug-likeness (QED) is 0.810. The standard InChI is InChI=1S/C18H26N2O2/c1-12(2)16-8-7-13(3)9-17(16)18(22)20-15-6-4-5-14(10-15)19-11-21/h4-6,10-13,16-17H,7-9H2,1-3H3,(H,19,21)(H,20,22). The molecule has 3 atom stereocenters. The molecule has 2 amide bonds. The molecule has 1 aromatic carbocycles. The van der Waals surface area contributed by atoms with E-state index >= 15 is 0 Å². The van der Waals surface area contributed by atoms with Crippen LogP contribution in [0.1, 0.15) is 40.0 Å². The maximum absolute atomic E-state index is 12.7. The fraction of sp³-hybridized carbons (Fsp3) is 0.556. The zero-order valence-corrected chi connectivity index (χ0v) is 13.6. The third-order valence-electron chi connectivity index (χ3n) is 4.71. The van der Waals surface area contributed by atoms with Gasteiger partial charge in [-0.15, -0.1) is 0 Å². The first-order valence-electron chi connectivity index (χ1n) is 8.12. The molecule has 1 aliphatic carbocycles. The zero-order valence-electron chi connectivity index (χ0n) is 13.6. The molecule has 1 aromatic rings. The number of amides is 2. The minimum Gasteiger partial charge on any atom is -0.329 e. The highest BCUT2D eigenvalue weighted by atomic mass is 16.2. The van der Waals surface area contributed by atoms with E-state index in [-0.39, 0.29) is 11.8 Å². The van der Waals surface area contributed by atoms with Crippen molar-refractivity contribution in [3.63, 3.8) is 0 Å².